The van der Waals surface area contributed by atoms with E-state index in [0.717, 1.165) is 24.3 Å². The highest BCUT2D eigenvalue weighted by atomic mass is 19.4. The zero-order valence-corrected chi connectivity index (χ0v) is 19.5. The summed E-state index contributed by atoms with van der Waals surface area (Å²) >= 11 is 0. The normalized spacial score (nSPS) is 18.0. The molecule has 0 spiro atoms. The molecule has 0 saturated heterocycles. The van der Waals surface area contributed by atoms with Gasteiger partial charge in [0, 0.05) is 25.6 Å². The van der Waals surface area contributed by atoms with Gasteiger partial charge in [0.05, 0.1) is 5.69 Å². The first kappa shape index (κ1) is 27.2. The maximum atomic E-state index is 12.9. The Morgan fingerprint density at radius 3 is 1.94 bits per heavy atom. The molecule has 1 N–H and O–H groups in total. The fourth-order valence-corrected chi connectivity index (χ4v) is 4.14. The van der Waals surface area contributed by atoms with Crippen LogP contribution in [0.3, 0.4) is 0 Å². The lowest BCUT2D eigenvalue weighted by molar-refractivity contribution is -0.226. The first-order valence-electron chi connectivity index (χ1n) is 11.2. The number of nitrogens with zero attached hydrogens (tertiary/aromatic N) is 2. The van der Waals surface area contributed by atoms with Gasteiger partial charge in [0.15, 0.2) is 0 Å². The van der Waals surface area contributed by atoms with E-state index in [1.54, 1.807) is 7.05 Å². The van der Waals surface area contributed by atoms with Crippen LogP contribution in [-0.4, -0.2) is 49.1 Å². The lowest BCUT2D eigenvalue weighted by Gasteiger charge is -2.28. The molecule has 0 bridgehead atoms. The van der Waals surface area contributed by atoms with Crippen LogP contribution in [0, 0.1) is 5.92 Å². The minimum absolute atomic E-state index is 0.0325. The van der Waals surface area contributed by atoms with Crippen LogP contribution in [0.2, 0.25) is 0 Å². The molecule has 6 nitrogen and oxygen atoms in total. The minimum atomic E-state index is -5.63. The van der Waals surface area contributed by atoms with Crippen molar-refractivity contribution >= 4 is 17.7 Å². The van der Waals surface area contributed by atoms with Gasteiger partial charge >= 0.3 is 18.7 Å². The summed E-state index contributed by atoms with van der Waals surface area (Å²) in [6.07, 6.45) is -9.98. The van der Waals surface area contributed by atoms with E-state index >= 15 is 0 Å². The van der Waals surface area contributed by atoms with E-state index in [0.29, 0.717) is 36.9 Å². The molecule has 1 aliphatic carbocycles. The van der Waals surface area contributed by atoms with E-state index in [1.165, 1.54) is 29.2 Å². The number of hydrogen-bond acceptors (Lipinski definition) is 4. The van der Waals surface area contributed by atoms with Crippen molar-refractivity contribution in [1.29, 1.82) is 0 Å². The van der Waals surface area contributed by atoms with Crippen LogP contribution >= 0.6 is 0 Å². The Hall–Kier alpha value is -3.44. The first-order chi connectivity index (χ1) is 16.8. The summed E-state index contributed by atoms with van der Waals surface area (Å²) in [5.74, 6) is 0.0240. The fourth-order valence-electron chi connectivity index (χ4n) is 4.14. The molecule has 0 radical (unpaired) electrons. The topological polar surface area (TPSA) is 61.9 Å². The summed E-state index contributed by atoms with van der Waals surface area (Å²) in [5, 5.41) is 2.78. The Morgan fingerprint density at radius 2 is 1.44 bits per heavy atom. The van der Waals surface area contributed by atoms with Gasteiger partial charge < -0.3 is 15.0 Å². The SMILES string of the molecule is CCNC(=O)[C@H]1CC[C@@H](N(C)C(=O)Oc2ccc(-c3ccc(N(C(F)(F)F)C(F)(F)F)cc3)cc2)C1. The van der Waals surface area contributed by atoms with Gasteiger partial charge in [-0.15, -0.1) is 26.3 Å². The second-order valence-electron chi connectivity index (χ2n) is 8.38. The summed E-state index contributed by atoms with van der Waals surface area (Å²) in [7, 11) is 1.59. The first-order valence-corrected chi connectivity index (χ1v) is 11.2. The molecular weight excluding hydrogens is 492 g/mol. The van der Waals surface area contributed by atoms with Crippen LogP contribution in [0.25, 0.3) is 11.1 Å². The number of hydrogen-bond donors (Lipinski definition) is 1. The zero-order valence-electron chi connectivity index (χ0n) is 19.5. The third-order valence-corrected chi connectivity index (χ3v) is 5.99. The predicted molar refractivity (Wildman–Crippen MR) is 120 cm³/mol. The fraction of sp³-hybridized carbons (Fsp3) is 0.417. The number of nitrogens with one attached hydrogen (secondary N) is 1. The number of halogens is 6. The average Bonchev–Trinajstić information content (AvgIpc) is 3.28. The van der Waals surface area contributed by atoms with Gasteiger partial charge in [-0.25, -0.2) is 4.79 Å². The monoisotopic (exact) mass is 517 g/mol. The van der Waals surface area contributed by atoms with Crippen LogP contribution in [0.4, 0.5) is 36.8 Å². The van der Waals surface area contributed by atoms with Gasteiger partial charge in [-0.05, 0) is 61.6 Å². The molecule has 2 atom stereocenters. The standard InChI is InChI=1S/C24H25F6N3O3/c1-3-31-21(34)17-6-11-19(14-17)32(2)22(35)36-20-12-7-16(8-13-20)15-4-9-18(10-5-15)33(23(25,26)27)24(28,29)30/h4-5,7-10,12-13,17,19H,3,6,11,14H2,1-2H3,(H,31,34)/t17-,19+/m0/s1. The molecule has 1 fully saturated rings. The smallest absolute Gasteiger partial charge is 0.410 e. The van der Waals surface area contributed by atoms with Gasteiger partial charge in [0.25, 0.3) is 0 Å². The van der Waals surface area contributed by atoms with Crippen LogP contribution in [0.15, 0.2) is 48.5 Å². The van der Waals surface area contributed by atoms with E-state index in [-0.39, 0.29) is 23.6 Å². The summed E-state index contributed by atoms with van der Waals surface area (Å²) in [5.41, 5.74) is -0.185. The lowest BCUT2D eigenvalue weighted by Crippen LogP contribution is -2.48. The van der Waals surface area contributed by atoms with Crippen molar-refractivity contribution in [2.24, 2.45) is 5.92 Å². The highest BCUT2D eigenvalue weighted by Crippen LogP contribution is 2.39. The minimum Gasteiger partial charge on any atom is -0.410 e. The van der Waals surface area contributed by atoms with E-state index in [9.17, 15) is 35.9 Å². The summed E-state index contributed by atoms with van der Waals surface area (Å²) in [6.45, 7) is 2.38. The highest BCUT2D eigenvalue weighted by Gasteiger charge is 2.53. The van der Waals surface area contributed by atoms with Gasteiger partial charge in [-0.1, -0.05) is 24.3 Å². The van der Waals surface area contributed by atoms with Gasteiger partial charge in [0.1, 0.15) is 5.75 Å². The number of carbonyl (C=O) groups excluding carboxylic acids is 2. The molecule has 196 valence electrons. The van der Waals surface area contributed by atoms with Gasteiger partial charge in [0.2, 0.25) is 5.91 Å². The quantitative estimate of drug-likeness (QED) is 0.381. The van der Waals surface area contributed by atoms with Crippen LogP contribution in [-0.2, 0) is 4.79 Å². The van der Waals surface area contributed by atoms with E-state index in [2.05, 4.69) is 5.32 Å². The number of ether oxygens (including phenoxy) is 1. The molecule has 1 saturated carbocycles. The summed E-state index contributed by atoms with van der Waals surface area (Å²) in [6, 6.07) is 9.60. The molecule has 0 heterocycles. The number of benzene rings is 2. The third kappa shape index (κ3) is 6.41. The van der Waals surface area contributed by atoms with Crippen LogP contribution < -0.4 is 15.0 Å². The predicted octanol–water partition coefficient (Wildman–Crippen LogP) is 5.94. The Morgan fingerprint density at radius 1 is 0.917 bits per heavy atom. The van der Waals surface area contributed by atoms with Crippen molar-refractivity contribution in [3.05, 3.63) is 48.5 Å². The van der Waals surface area contributed by atoms with Gasteiger partial charge in [-0.2, -0.15) is 4.90 Å². The van der Waals surface area contributed by atoms with Crippen molar-refractivity contribution < 1.29 is 40.7 Å². The lowest BCUT2D eigenvalue weighted by atomic mass is 10.1. The van der Waals surface area contributed by atoms with Crippen LogP contribution in [0.5, 0.6) is 5.75 Å². The summed E-state index contributed by atoms with van der Waals surface area (Å²) in [4.78, 5) is 24.4. The van der Waals surface area contributed by atoms with E-state index in [4.69, 9.17) is 4.74 Å². The number of anilines is 1. The van der Waals surface area contributed by atoms with Crippen molar-refractivity contribution in [2.75, 3.05) is 18.5 Å². The molecule has 3 rings (SSSR count). The molecule has 1 aliphatic rings. The Bertz CT molecular complexity index is 1040. The molecule has 0 unspecified atom stereocenters. The molecule has 2 amide bonds. The molecule has 12 heteroatoms. The third-order valence-electron chi connectivity index (χ3n) is 5.99. The largest absolute Gasteiger partial charge is 0.491 e. The number of amides is 2. The molecular formula is C24H25F6N3O3. The van der Waals surface area contributed by atoms with Crippen molar-refractivity contribution in [3.63, 3.8) is 0 Å². The van der Waals surface area contributed by atoms with E-state index < -0.39 is 29.3 Å². The van der Waals surface area contributed by atoms with Crippen LogP contribution in [0.1, 0.15) is 26.2 Å². The number of carbonyl (C=O) groups is 2. The molecule has 36 heavy (non-hydrogen) atoms. The van der Waals surface area contributed by atoms with Crippen molar-refractivity contribution in [2.45, 2.75) is 44.8 Å². The zero-order chi connectivity index (χ0) is 26.7. The average molecular weight is 517 g/mol. The molecule has 2 aromatic carbocycles. The second kappa shape index (κ2) is 10.7. The number of alkyl halides is 6. The Labute approximate surface area is 203 Å². The Kier molecular flexibility index (Phi) is 8.05. The van der Waals surface area contributed by atoms with Crippen molar-refractivity contribution in [3.8, 4) is 16.9 Å². The van der Waals surface area contributed by atoms with Gasteiger partial charge in [-0.3, -0.25) is 4.79 Å². The molecule has 0 aliphatic heterocycles. The van der Waals surface area contributed by atoms with E-state index in [1.807, 2.05) is 6.92 Å². The maximum absolute atomic E-state index is 12.9. The molecule has 2 aromatic rings. The number of rotatable bonds is 6. The summed E-state index contributed by atoms with van der Waals surface area (Å²) < 4.78 is 82.5. The molecule has 0 aromatic heterocycles. The Balaban J connectivity index is 1.63. The van der Waals surface area contributed by atoms with Crippen molar-refractivity contribution in [1.82, 2.24) is 10.2 Å². The second-order valence-corrected chi connectivity index (χ2v) is 8.38. The highest BCUT2D eigenvalue weighted by molar-refractivity contribution is 5.79. The maximum Gasteiger partial charge on any atom is 0.491 e.